The first kappa shape index (κ1) is 8.48. The number of rotatable bonds is 1. The van der Waals surface area contributed by atoms with Crippen molar-refractivity contribution < 1.29 is 4.79 Å². The predicted molar refractivity (Wildman–Crippen MR) is 38.4 cm³/mol. The van der Waals surface area contributed by atoms with Crippen LogP contribution in [-0.2, 0) is 0 Å². The highest BCUT2D eigenvalue weighted by Gasteiger charge is 1.99. The van der Waals surface area contributed by atoms with Gasteiger partial charge in [-0.25, -0.2) is 4.79 Å². The van der Waals surface area contributed by atoms with E-state index in [0.717, 1.165) is 0 Å². The van der Waals surface area contributed by atoms with Crippen molar-refractivity contribution in [3.8, 4) is 0 Å². The number of hydrogen-bond donors (Lipinski definition) is 4. The Morgan fingerprint density at radius 1 is 1.70 bits per heavy atom. The van der Waals surface area contributed by atoms with E-state index in [1.54, 1.807) is 6.92 Å². The molecule has 0 saturated heterocycles. The van der Waals surface area contributed by atoms with Crippen LogP contribution in [0.1, 0.15) is 6.92 Å². The van der Waals surface area contributed by atoms with Crippen molar-refractivity contribution in [1.82, 2.24) is 5.32 Å². The van der Waals surface area contributed by atoms with Crippen LogP contribution >= 0.6 is 0 Å². The number of carbonyl (C=O) groups excluding carboxylic acids is 1. The van der Waals surface area contributed by atoms with E-state index in [1.807, 2.05) is 0 Å². The highest BCUT2D eigenvalue weighted by atomic mass is 16.2. The van der Waals surface area contributed by atoms with Crippen molar-refractivity contribution >= 4 is 11.9 Å². The van der Waals surface area contributed by atoms with Crippen LogP contribution in [0.3, 0.4) is 0 Å². The van der Waals surface area contributed by atoms with Gasteiger partial charge in [0.05, 0.1) is 0 Å². The monoisotopic (exact) mass is 142 g/mol. The number of amides is 2. The first-order valence-electron chi connectivity index (χ1n) is 2.61. The Kier molecular flexibility index (Phi) is 2.96. The van der Waals surface area contributed by atoms with Gasteiger partial charge in [-0.3, -0.25) is 10.7 Å². The zero-order valence-electron chi connectivity index (χ0n) is 5.64. The van der Waals surface area contributed by atoms with E-state index in [1.165, 1.54) is 6.20 Å². The molecule has 0 spiro atoms. The van der Waals surface area contributed by atoms with Gasteiger partial charge in [-0.1, -0.05) is 0 Å². The molecule has 0 heterocycles. The minimum atomic E-state index is -0.758. The quantitative estimate of drug-likeness (QED) is 0.292. The molecule has 2 amide bonds. The minimum Gasteiger partial charge on any atom is -0.404 e. The number of urea groups is 1. The summed E-state index contributed by atoms with van der Waals surface area (Å²) < 4.78 is 0. The summed E-state index contributed by atoms with van der Waals surface area (Å²) in [7, 11) is 0. The van der Waals surface area contributed by atoms with Crippen molar-refractivity contribution in [2.24, 2.45) is 11.5 Å². The lowest BCUT2D eigenvalue weighted by molar-refractivity contribution is 0.253. The molecule has 0 aliphatic rings. The normalized spacial score (nSPS) is 10.7. The zero-order chi connectivity index (χ0) is 8.15. The van der Waals surface area contributed by atoms with E-state index in [2.05, 4.69) is 5.32 Å². The SMILES string of the molecule is CC(=CN)C(=N)NC(N)=O. The maximum absolute atomic E-state index is 10.1. The molecule has 6 N–H and O–H groups in total. The smallest absolute Gasteiger partial charge is 0.317 e. The molecule has 0 rings (SSSR count). The fraction of sp³-hybridized carbons (Fsp3) is 0.200. The van der Waals surface area contributed by atoms with E-state index in [-0.39, 0.29) is 5.84 Å². The third kappa shape index (κ3) is 2.71. The fourth-order valence-corrected chi connectivity index (χ4v) is 0.305. The summed E-state index contributed by atoms with van der Waals surface area (Å²) in [6.07, 6.45) is 1.22. The van der Waals surface area contributed by atoms with Crippen LogP contribution in [-0.4, -0.2) is 11.9 Å². The topological polar surface area (TPSA) is 105 Å². The maximum Gasteiger partial charge on any atom is 0.317 e. The summed E-state index contributed by atoms with van der Waals surface area (Å²) in [5, 5.41) is 9.13. The highest BCUT2D eigenvalue weighted by molar-refractivity contribution is 6.04. The van der Waals surface area contributed by atoms with Crippen LogP contribution in [0.25, 0.3) is 0 Å². The standard InChI is InChI=1S/C5H10N4O/c1-3(2-6)4(7)9-5(8)10/h2H,6H2,1H3,(H4,7,8,9,10). The van der Waals surface area contributed by atoms with Gasteiger partial charge >= 0.3 is 6.03 Å². The summed E-state index contributed by atoms with van der Waals surface area (Å²) >= 11 is 0. The summed E-state index contributed by atoms with van der Waals surface area (Å²) in [4.78, 5) is 10.1. The summed E-state index contributed by atoms with van der Waals surface area (Å²) in [5.41, 5.74) is 10.3. The van der Waals surface area contributed by atoms with Crippen LogP contribution in [0, 0.1) is 5.41 Å². The molecule has 0 unspecified atom stereocenters. The van der Waals surface area contributed by atoms with Gasteiger partial charge in [0.15, 0.2) is 0 Å². The predicted octanol–water partition coefficient (Wildman–Crippen LogP) is -0.506. The van der Waals surface area contributed by atoms with Crippen LogP contribution in [0.5, 0.6) is 0 Å². The summed E-state index contributed by atoms with van der Waals surface area (Å²) in [5.74, 6) is -0.0741. The third-order valence-electron chi connectivity index (χ3n) is 0.893. The Morgan fingerprint density at radius 2 is 2.20 bits per heavy atom. The second kappa shape index (κ2) is 3.49. The van der Waals surface area contributed by atoms with Crippen LogP contribution in [0.4, 0.5) is 4.79 Å². The Bertz CT molecular complexity index is 184. The first-order valence-corrected chi connectivity index (χ1v) is 2.61. The van der Waals surface area contributed by atoms with Gasteiger partial charge in [-0.2, -0.15) is 0 Å². The second-order valence-corrected chi connectivity index (χ2v) is 1.71. The molecule has 0 fully saturated rings. The molecular weight excluding hydrogens is 132 g/mol. The van der Waals surface area contributed by atoms with Gasteiger partial charge in [-0.05, 0) is 6.92 Å². The number of carbonyl (C=O) groups is 1. The average molecular weight is 142 g/mol. The number of nitrogens with one attached hydrogen (secondary N) is 2. The van der Waals surface area contributed by atoms with E-state index >= 15 is 0 Å². The lowest BCUT2D eigenvalue weighted by Gasteiger charge is -2.01. The third-order valence-corrected chi connectivity index (χ3v) is 0.893. The molecule has 0 aliphatic carbocycles. The molecule has 0 saturated carbocycles. The molecule has 10 heavy (non-hydrogen) atoms. The van der Waals surface area contributed by atoms with Crippen molar-refractivity contribution in [2.45, 2.75) is 6.92 Å². The zero-order valence-corrected chi connectivity index (χ0v) is 5.64. The molecule has 0 atom stereocenters. The molecule has 0 aromatic heterocycles. The molecule has 5 heteroatoms. The van der Waals surface area contributed by atoms with Crippen molar-refractivity contribution in [1.29, 1.82) is 5.41 Å². The van der Waals surface area contributed by atoms with Crippen LogP contribution in [0.15, 0.2) is 11.8 Å². The lowest BCUT2D eigenvalue weighted by atomic mass is 10.3. The Hall–Kier alpha value is -1.52. The second-order valence-electron chi connectivity index (χ2n) is 1.71. The summed E-state index contributed by atoms with van der Waals surface area (Å²) in [6.45, 7) is 1.60. The van der Waals surface area contributed by atoms with E-state index in [9.17, 15) is 4.79 Å². The van der Waals surface area contributed by atoms with Gasteiger partial charge in [0.25, 0.3) is 0 Å². The summed E-state index contributed by atoms with van der Waals surface area (Å²) in [6, 6.07) is -0.758. The number of primary amides is 1. The maximum atomic E-state index is 10.1. The average Bonchev–Trinajstić information content (AvgIpc) is 1.85. The van der Waals surface area contributed by atoms with E-state index in [4.69, 9.17) is 16.9 Å². The van der Waals surface area contributed by atoms with Gasteiger partial charge in [0.2, 0.25) is 0 Å². The van der Waals surface area contributed by atoms with Gasteiger partial charge in [0, 0.05) is 11.8 Å². The Morgan fingerprint density at radius 3 is 2.50 bits per heavy atom. The molecule has 0 bridgehead atoms. The van der Waals surface area contributed by atoms with Gasteiger partial charge in [-0.15, -0.1) is 0 Å². The van der Waals surface area contributed by atoms with E-state index < -0.39 is 6.03 Å². The Labute approximate surface area is 58.6 Å². The first-order chi connectivity index (χ1) is 4.57. The molecule has 0 aliphatic heterocycles. The van der Waals surface area contributed by atoms with Gasteiger partial charge in [0.1, 0.15) is 5.84 Å². The molecular formula is C5H10N4O. The van der Waals surface area contributed by atoms with Crippen molar-refractivity contribution in [3.63, 3.8) is 0 Å². The number of hydrogen-bond acceptors (Lipinski definition) is 3. The Balaban J connectivity index is 3.99. The molecule has 0 aromatic rings. The molecule has 0 radical (unpaired) electrons. The molecule has 0 aromatic carbocycles. The molecule has 5 nitrogen and oxygen atoms in total. The van der Waals surface area contributed by atoms with Crippen LogP contribution < -0.4 is 16.8 Å². The minimum absolute atomic E-state index is 0.0741. The lowest BCUT2D eigenvalue weighted by Crippen LogP contribution is -2.35. The van der Waals surface area contributed by atoms with Gasteiger partial charge < -0.3 is 11.5 Å². The highest BCUT2D eigenvalue weighted by Crippen LogP contribution is 1.87. The molecule has 56 valence electrons. The van der Waals surface area contributed by atoms with Crippen molar-refractivity contribution in [3.05, 3.63) is 11.8 Å². The van der Waals surface area contributed by atoms with Crippen molar-refractivity contribution in [2.75, 3.05) is 0 Å². The number of amidine groups is 1. The number of nitrogens with two attached hydrogens (primary N) is 2. The fourth-order valence-electron chi connectivity index (χ4n) is 0.305. The van der Waals surface area contributed by atoms with Crippen LogP contribution in [0.2, 0.25) is 0 Å². The largest absolute Gasteiger partial charge is 0.404 e. The van der Waals surface area contributed by atoms with E-state index in [0.29, 0.717) is 5.57 Å².